The van der Waals surface area contributed by atoms with Crippen molar-refractivity contribution in [3.8, 4) is 11.4 Å². The van der Waals surface area contributed by atoms with Gasteiger partial charge in [-0.15, -0.1) is 0 Å². The number of aromatic amines is 1. The Morgan fingerprint density at radius 3 is 2.90 bits per heavy atom. The number of fused-ring (bicyclic) bond motifs is 1. The van der Waals surface area contributed by atoms with E-state index in [-0.39, 0.29) is 12.2 Å². The summed E-state index contributed by atoms with van der Waals surface area (Å²) in [5.74, 6) is -0.0974. The van der Waals surface area contributed by atoms with Gasteiger partial charge in [-0.1, -0.05) is 35.3 Å². The molecule has 1 amide bonds. The summed E-state index contributed by atoms with van der Waals surface area (Å²) in [6, 6.07) is 11.8. The molecule has 2 heterocycles. The summed E-state index contributed by atoms with van der Waals surface area (Å²) in [5.41, 5.74) is 1.10. The second-order valence-electron chi connectivity index (χ2n) is 5.95. The molecule has 0 aliphatic heterocycles. The van der Waals surface area contributed by atoms with Crippen LogP contribution in [0, 0.1) is 0 Å². The quantitative estimate of drug-likeness (QED) is 0.505. The number of hydrogen-bond donors (Lipinski definition) is 2. The van der Waals surface area contributed by atoms with Crippen LogP contribution in [-0.2, 0) is 4.79 Å². The number of halogens is 2. The van der Waals surface area contributed by atoms with Crippen LogP contribution in [-0.4, -0.2) is 32.3 Å². The zero-order valence-corrected chi connectivity index (χ0v) is 16.2. The summed E-state index contributed by atoms with van der Waals surface area (Å²) in [4.78, 5) is 31.0. The standard InChI is InChI=1S/C19H13Cl2N5O3/c20-11-5-6-13(21)16(7-11)29-9-17(27)25-14-3-1-2-4-15(14)26-18-12(8-24-26)19(28)23-10-22-18/h1-8,10H,9H2,(H,25,27)(H,22,23,28). The normalized spacial score (nSPS) is 10.8. The third-order valence-corrected chi connectivity index (χ3v) is 4.58. The van der Waals surface area contributed by atoms with Crippen molar-refractivity contribution in [1.82, 2.24) is 19.7 Å². The molecule has 146 valence electrons. The minimum atomic E-state index is -0.407. The molecule has 29 heavy (non-hydrogen) atoms. The lowest BCUT2D eigenvalue weighted by Gasteiger charge is -2.12. The average Bonchev–Trinajstić information content (AvgIpc) is 3.14. The second kappa shape index (κ2) is 7.94. The van der Waals surface area contributed by atoms with Crippen molar-refractivity contribution < 1.29 is 9.53 Å². The molecule has 0 aliphatic rings. The highest BCUT2D eigenvalue weighted by atomic mass is 35.5. The Bertz CT molecular complexity index is 1270. The fourth-order valence-corrected chi connectivity index (χ4v) is 3.05. The van der Waals surface area contributed by atoms with Crippen LogP contribution in [0.1, 0.15) is 0 Å². The maximum atomic E-state index is 12.4. The number of rotatable bonds is 5. The van der Waals surface area contributed by atoms with Crippen LogP contribution < -0.4 is 15.6 Å². The molecule has 0 atom stereocenters. The number of anilines is 1. The summed E-state index contributed by atoms with van der Waals surface area (Å²) >= 11 is 12.0. The largest absolute Gasteiger partial charge is 0.482 e. The average molecular weight is 430 g/mol. The van der Waals surface area contributed by atoms with Gasteiger partial charge in [0.15, 0.2) is 12.3 Å². The monoisotopic (exact) mass is 429 g/mol. The Morgan fingerprint density at radius 1 is 1.21 bits per heavy atom. The van der Waals surface area contributed by atoms with Gasteiger partial charge < -0.3 is 15.0 Å². The van der Waals surface area contributed by atoms with Crippen LogP contribution >= 0.6 is 23.2 Å². The van der Waals surface area contributed by atoms with Crippen LogP contribution in [0.15, 0.2) is 59.8 Å². The van der Waals surface area contributed by atoms with Crippen molar-refractivity contribution in [2.75, 3.05) is 11.9 Å². The number of amides is 1. The second-order valence-corrected chi connectivity index (χ2v) is 6.80. The van der Waals surface area contributed by atoms with Gasteiger partial charge in [0, 0.05) is 11.1 Å². The molecule has 8 nitrogen and oxygen atoms in total. The van der Waals surface area contributed by atoms with E-state index in [1.54, 1.807) is 36.4 Å². The van der Waals surface area contributed by atoms with Crippen LogP contribution in [0.2, 0.25) is 10.0 Å². The van der Waals surface area contributed by atoms with Crippen LogP contribution in [0.5, 0.6) is 5.75 Å². The summed E-state index contributed by atoms with van der Waals surface area (Å²) in [6.45, 7) is -0.272. The van der Waals surface area contributed by atoms with Crippen LogP contribution in [0.3, 0.4) is 0 Å². The van der Waals surface area contributed by atoms with Gasteiger partial charge in [0.25, 0.3) is 11.5 Å². The highest BCUT2D eigenvalue weighted by Gasteiger charge is 2.14. The molecular weight excluding hydrogens is 417 g/mol. The number of hydrogen-bond acceptors (Lipinski definition) is 5. The van der Waals surface area contributed by atoms with Crippen molar-refractivity contribution in [3.05, 3.63) is 75.4 Å². The number of nitrogens with zero attached hydrogens (tertiary/aromatic N) is 3. The zero-order chi connectivity index (χ0) is 20.4. The molecule has 0 saturated carbocycles. The number of H-pyrrole nitrogens is 1. The summed E-state index contributed by atoms with van der Waals surface area (Å²) < 4.78 is 6.94. The Kier molecular flexibility index (Phi) is 5.20. The first-order chi connectivity index (χ1) is 14.0. The highest BCUT2D eigenvalue weighted by Crippen LogP contribution is 2.28. The van der Waals surface area contributed by atoms with E-state index in [0.717, 1.165) is 0 Å². The number of para-hydroxylation sites is 2. The Labute approximate surface area is 174 Å². The zero-order valence-electron chi connectivity index (χ0n) is 14.7. The van der Waals surface area contributed by atoms with Crippen molar-refractivity contribution >= 4 is 45.8 Å². The molecule has 10 heteroatoms. The molecular formula is C19H13Cl2N5O3. The Morgan fingerprint density at radius 2 is 2.03 bits per heavy atom. The van der Waals surface area contributed by atoms with E-state index in [0.29, 0.717) is 38.2 Å². The van der Waals surface area contributed by atoms with Crippen LogP contribution in [0.4, 0.5) is 5.69 Å². The molecule has 0 fully saturated rings. The van der Waals surface area contributed by atoms with E-state index in [2.05, 4.69) is 20.4 Å². The Balaban J connectivity index is 1.57. The third-order valence-electron chi connectivity index (χ3n) is 4.03. The van der Waals surface area contributed by atoms with Gasteiger partial charge in [-0.3, -0.25) is 9.59 Å². The van der Waals surface area contributed by atoms with E-state index >= 15 is 0 Å². The van der Waals surface area contributed by atoms with Gasteiger partial charge in [0.05, 0.1) is 28.9 Å². The lowest BCUT2D eigenvalue weighted by atomic mass is 10.2. The lowest BCUT2D eigenvalue weighted by Crippen LogP contribution is -2.21. The van der Waals surface area contributed by atoms with Crippen molar-refractivity contribution in [2.45, 2.75) is 0 Å². The Hall–Kier alpha value is -3.36. The molecule has 4 aromatic rings. The highest BCUT2D eigenvalue weighted by molar-refractivity contribution is 6.34. The van der Waals surface area contributed by atoms with Gasteiger partial charge >= 0.3 is 0 Å². The van der Waals surface area contributed by atoms with Gasteiger partial charge in [0.2, 0.25) is 0 Å². The summed E-state index contributed by atoms with van der Waals surface area (Å²) in [5, 5.41) is 8.13. The predicted molar refractivity (Wildman–Crippen MR) is 110 cm³/mol. The number of nitrogens with one attached hydrogen (secondary N) is 2. The molecule has 0 radical (unpaired) electrons. The number of carbonyl (C=O) groups excluding carboxylic acids is 1. The molecule has 2 N–H and O–H groups in total. The number of aromatic nitrogens is 4. The summed E-state index contributed by atoms with van der Waals surface area (Å²) in [7, 11) is 0. The number of ether oxygens (including phenoxy) is 1. The van der Waals surface area contributed by atoms with Gasteiger partial charge in [-0.2, -0.15) is 5.10 Å². The van der Waals surface area contributed by atoms with E-state index < -0.39 is 5.91 Å². The van der Waals surface area contributed by atoms with E-state index in [4.69, 9.17) is 27.9 Å². The smallest absolute Gasteiger partial charge is 0.262 e. The topological polar surface area (TPSA) is 102 Å². The number of carbonyl (C=O) groups is 1. The fraction of sp³-hybridized carbons (Fsp3) is 0.0526. The first-order valence-corrected chi connectivity index (χ1v) is 9.17. The number of benzene rings is 2. The maximum Gasteiger partial charge on any atom is 0.262 e. The van der Waals surface area contributed by atoms with E-state index in [1.807, 2.05) is 0 Å². The maximum absolute atomic E-state index is 12.4. The minimum absolute atomic E-state index is 0.272. The molecule has 0 saturated heterocycles. The molecule has 4 rings (SSSR count). The lowest BCUT2D eigenvalue weighted by molar-refractivity contribution is -0.118. The van der Waals surface area contributed by atoms with Crippen molar-refractivity contribution in [2.24, 2.45) is 0 Å². The first kappa shape index (κ1) is 19.0. The van der Waals surface area contributed by atoms with Crippen molar-refractivity contribution in [3.63, 3.8) is 0 Å². The van der Waals surface area contributed by atoms with E-state index in [9.17, 15) is 9.59 Å². The molecule has 2 aromatic carbocycles. The van der Waals surface area contributed by atoms with Gasteiger partial charge in [-0.05, 0) is 24.3 Å². The van der Waals surface area contributed by atoms with Crippen molar-refractivity contribution in [1.29, 1.82) is 0 Å². The SMILES string of the molecule is O=C(COc1cc(Cl)ccc1Cl)Nc1ccccc1-n1ncc2c(=O)[nH]cnc21. The van der Waals surface area contributed by atoms with Crippen LogP contribution in [0.25, 0.3) is 16.7 Å². The molecule has 0 unspecified atom stereocenters. The molecule has 0 bridgehead atoms. The first-order valence-electron chi connectivity index (χ1n) is 8.41. The minimum Gasteiger partial charge on any atom is -0.482 e. The molecule has 0 spiro atoms. The summed E-state index contributed by atoms with van der Waals surface area (Å²) in [6.07, 6.45) is 2.72. The molecule has 0 aliphatic carbocycles. The van der Waals surface area contributed by atoms with E-state index in [1.165, 1.54) is 23.3 Å². The molecule has 2 aromatic heterocycles. The van der Waals surface area contributed by atoms with Gasteiger partial charge in [-0.25, -0.2) is 9.67 Å². The third kappa shape index (κ3) is 3.94. The fourth-order valence-electron chi connectivity index (χ4n) is 2.71. The van der Waals surface area contributed by atoms with Gasteiger partial charge in [0.1, 0.15) is 11.1 Å². The predicted octanol–water partition coefficient (Wildman–Crippen LogP) is 3.43.